The van der Waals surface area contributed by atoms with Crippen LogP contribution in [-0.2, 0) is 6.42 Å². The van der Waals surface area contributed by atoms with Crippen LogP contribution in [-0.4, -0.2) is 33.5 Å². The average molecular weight is 330 g/mol. The Morgan fingerprint density at radius 2 is 2.04 bits per heavy atom. The monoisotopic (exact) mass is 330 g/mol. The van der Waals surface area contributed by atoms with Crippen molar-refractivity contribution in [3.05, 3.63) is 30.2 Å². The molecule has 1 aliphatic carbocycles. The topological polar surface area (TPSA) is 100 Å². The first-order valence-electron chi connectivity index (χ1n) is 8.17. The Morgan fingerprint density at radius 3 is 2.58 bits per heavy atom. The van der Waals surface area contributed by atoms with Crippen molar-refractivity contribution in [2.45, 2.75) is 38.6 Å². The van der Waals surface area contributed by atoms with Gasteiger partial charge in [0.2, 0.25) is 11.8 Å². The second-order valence-electron chi connectivity index (χ2n) is 6.36. The van der Waals surface area contributed by atoms with E-state index in [1.54, 1.807) is 12.1 Å². The van der Waals surface area contributed by atoms with Gasteiger partial charge in [-0.15, -0.1) is 10.2 Å². The molecule has 128 valence electrons. The van der Waals surface area contributed by atoms with Crippen molar-refractivity contribution in [3.8, 4) is 11.5 Å². The minimum absolute atomic E-state index is 0.0685. The molecule has 0 spiro atoms. The number of nitrogens with one attached hydrogen (secondary N) is 2. The molecule has 1 atom stereocenters. The maximum atomic E-state index is 12.1. The third-order valence-corrected chi connectivity index (χ3v) is 4.36. The fraction of sp³-hybridized carbons (Fsp3) is 0.471. The number of aliphatic hydroxyl groups is 1. The first-order chi connectivity index (χ1) is 11.5. The molecule has 3 N–H and O–H groups in total. The summed E-state index contributed by atoms with van der Waals surface area (Å²) in [6.45, 7) is 3.75. The molecule has 1 fully saturated rings. The van der Waals surface area contributed by atoms with Crippen LogP contribution in [0.25, 0.3) is 11.5 Å². The molecular formula is C17H22N4O3. The Hall–Kier alpha value is -2.41. The first kappa shape index (κ1) is 16.4. The average Bonchev–Trinajstić information content (AvgIpc) is 3.34. The fourth-order valence-electron chi connectivity index (χ4n) is 2.62. The van der Waals surface area contributed by atoms with E-state index >= 15 is 0 Å². The van der Waals surface area contributed by atoms with Gasteiger partial charge in [-0.05, 0) is 49.9 Å². The number of aliphatic hydroxyl groups excluding tert-OH is 1. The minimum Gasteiger partial charge on any atom is -0.421 e. The number of aryl methyl sites for hydroxylation is 1. The molecule has 1 aromatic heterocycles. The Morgan fingerprint density at radius 1 is 1.33 bits per heavy atom. The van der Waals surface area contributed by atoms with Gasteiger partial charge in [0.15, 0.2) is 0 Å². The molecule has 1 aromatic carbocycles. The maximum absolute atomic E-state index is 12.1. The van der Waals surface area contributed by atoms with Crippen LogP contribution in [0.15, 0.2) is 28.7 Å². The number of nitrogens with zero attached hydrogens (tertiary/aromatic N) is 2. The maximum Gasteiger partial charge on any atom is 0.319 e. The molecule has 1 heterocycles. The zero-order chi connectivity index (χ0) is 17.2. The molecule has 0 aliphatic heterocycles. The van der Waals surface area contributed by atoms with Crippen LogP contribution in [0.3, 0.4) is 0 Å². The van der Waals surface area contributed by atoms with Crippen molar-refractivity contribution in [3.63, 3.8) is 0 Å². The zero-order valence-corrected chi connectivity index (χ0v) is 13.9. The lowest BCUT2D eigenvalue weighted by Crippen LogP contribution is -2.52. The van der Waals surface area contributed by atoms with Gasteiger partial charge in [0.05, 0.1) is 12.1 Å². The predicted octanol–water partition coefficient (Wildman–Crippen LogP) is 2.58. The van der Waals surface area contributed by atoms with Gasteiger partial charge in [0, 0.05) is 17.7 Å². The van der Waals surface area contributed by atoms with Gasteiger partial charge in [-0.25, -0.2) is 4.79 Å². The SMILES string of the molecule is CCc1nnc(-c2ccc(NC(=O)NC(C)(CO)C3CC3)cc2)o1. The van der Waals surface area contributed by atoms with E-state index in [-0.39, 0.29) is 12.6 Å². The Bertz CT molecular complexity index is 709. The number of amides is 2. The molecule has 7 heteroatoms. The van der Waals surface area contributed by atoms with Gasteiger partial charge in [0.25, 0.3) is 0 Å². The van der Waals surface area contributed by atoms with Crippen molar-refractivity contribution in [2.75, 3.05) is 11.9 Å². The Balaban J connectivity index is 1.62. The van der Waals surface area contributed by atoms with Crippen LogP contribution in [0.1, 0.15) is 32.6 Å². The van der Waals surface area contributed by atoms with Crippen molar-refractivity contribution in [1.29, 1.82) is 0 Å². The second-order valence-corrected chi connectivity index (χ2v) is 6.36. The van der Waals surface area contributed by atoms with Crippen molar-refractivity contribution >= 4 is 11.7 Å². The second kappa shape index (κ2) is 6.60. The highest BCUT2D eigenvalue weighted by Gasteiger charge is 2.42. The summed E-state index contributed by atoms with van der Waals surface area (Å²) in [5.41, 5.74) is 0.888. The highest BCUT2D eigenvalue weighted by Crippen LogP contribution is 2.39. The molecule has 1 unspecified atom stereocenters. The van der Waals surface area contributed by atoms with E-state index < -0.39 is 5.54 Å². The lowest BCUT2D eigenvalue weighted by molar-refractivity contribution is 0.159. The van der Waals surface area contributed by atoms with E-state index in [4.69, 9.17) is 4.42 Å². The van der Waals surface area contributed by atoms with Gasteiger partial charge < -0.3 is 20.2 Å². The number of benzene rings is 1. The van der Waals surface area contributed by atoms with Gasteiger partial charge >= 0.3 is 6.03 Å². The number of hydrogen-bond donors (Lipinski definition) is 3. The lowest BCUT2D eigenvalue weighted by atomic mass is 9.97. The number of carbonyl (C=O) groups is 1. The number of anilines is 1. The summed E-state index contributed by atoms with van der Waals surface area (Å²) in [7, 11) is 0. The van der Waals surface area contributed by atoms with Crippen LogP contribution in [0.2, 0.25) is 0 Å². The highest BCUT2D eigenvalue weighted by atomic mass is 16.4. The Kier molecular flexibility index (Phi) is 4.53. The molecule has 2 aromatic rings. The zero-order valence-electron chi connectivity index (χ0n) is 13.9. The number of urea groups is 1. The smallest absolute Gasteiger partial charge is 0.319 e. The largest absolute Gasteiger partial charge is 0.421 e. The van der Waals surface area contributed by atoms with E-state index in [0.717, 1.165) is 18.4 Å². The van der Waals surface area contributed by atoms with Gasteiger partial charge in [-0.1, -0.05) is 6.92 Å². The van der Waals surface area contributed by atoms with E-state index in [9.17, 15) is 9.90 Å². The van der Waals surface area contributed by atoms with E-state index in [1.165, 1.54) is 0 Å². The Labute approximate surface area is 140 Å². The van der Waals surface area contributed by atoms with Crippen LogP contribution >= 0.6 is 0 Å². The number of aromatic nitrogens is 2. The third-order valence-electron chi connectivity index (χ3n) is 4.36. The number of hydrogen-bond acceptors (Lipinski definition) is 5. The summed E-state index contributed by atoms with van der Waals surface area (Å²) in [6, 6.07) is 6.86. The normalized spacial score (nSPS) is 16.5. The predicted molar refractivity (Wildman–Crippen MR) is 89.5 cm³/mol. The summed E-state index contributed by atoms with van der Waals surface area (Å²) in [4.78, 5) is 12.1. The van der Waals surface area contributed by atoms with Crippen molar-refractivity contribution in [1.82, 2.24) is 15.5 Å². The van der Waals surface area contributed by atoms with Crippen LogP contribution in [0.4, 0.5) is 10.5 Å². The summed E-state index contributed by atoms with van der Waals surface area (Å²) in [5, 5.41) is 23.1. The number of carbonyl (C=O) groups excluding carboxylic acids is 1. The summed E-state index contributed by atoms with van der Waals surface area (Å²) < 4.78 is 5.50. The minimum atomic E-state index is -0.565. The molecule has 7 nitrogen and oxygen atoms in total. The van der Waals surface area contributed by atoms with Gasteiger partial charge in [-0.2, -0.15) is 0 Å². The number of rotatable bonds is 6. The van der Waals surface area contributed by atoms with Crippen LogP contribution in [0, 0.1) is 5.92 Å². The lowest BCUT2D eigenvalue weighted by Gasteiger charge is -2.28. The van der Waals surface area contributed by atoms with Crippen LogP contribution in [0.5, 0.6) is 0 Å². The van der Waals surface area contributed by atoms with Crippen LogP contribution < -0.4 is 10.6 Å². The summed E-state index contributed by atoms with van der Waals surface area (Å²) >= 11 is 0. The van der Waals surface area contributed by atoms with E-state index in [0.29, 0.717) is 29.8 Å². The molecule has 2 amide bonds. The molecule has 0 radical (unpaired) electrons. The van der Waals surface area contributed by atoms with E-state index in [2.05, 4.69) is 20.8 Å². The third kappa shape index (κ3) is 3.56. The summed E-state index contributed by atoms with van der Waals surface area (Å²) in [6.07, 6.45) is 2.77. The standard InChI is InChI=1S/C17H22N4O3/c1-3-14-20-21-15(24-14)11-4-8-13(9-5-11)18-16(23)19-17(2,10-22)12-6-7-12/h4-5,8-9,12,22H,3,6-7,10H2,1-2H3,(H2,18,19,23). The molecule has 0 bridgehead atoms. The van der Waals surface area contributed by atoms with Crippen molar-refractivity contribution in [2.24, 2.45) is 5.92 Å². The first-order valence-corrected chi connectivity index (χ1v) is 8.17. The van der Waals surface area contributed by atoms with Gasteiger partial charge in [0.1, 0.15) is 0 Å². The summed E-state index contributed by atoms with van der Waals surface area (Å²) in [5.74, 6) is 1.40. The van der Waals surface area contributed by atoms with Crippen molar-refractivity contribution < 1.29 is 14.3 Å². The molecule has 3 rings (SSSR count). The quantitative estimate of drug-likeness (QED) is 0.756. The van der Waals surface area contributed by atoms with Gasteiger partial charge in [-0.3, -0.25) is 0 Å². The van der Waals surface area contributed by atoms with E-state index in [1.807, 2.05) is 26.0 Å². The fourth-order valence-corrected chi connectivity index (χ4v) is 2.62. The molecule has 0 saturated heterocycles. The highest BCUT2D eigenvalue weighted by molar-refractivity contribution is 5.90. The molecule has 1 saturated carbocycles. The molecular weight excluding hydrogens is 308 g/mol. The molecule has 1 aliphatic rings. The molecule has 24 heavy (non-hydrogen) atoms.